The van der Waals surface area contributed by atoms with Crippen LogP contribution in [0.1, 0.15) is 98.2 Å². The van der Waals surface area contributed by atoms with E-state index < -0.39 is 46.5 Å². The molecule has 6 nitrogen and oxygen atoms in total. The summed E-state index contributed by atoms with van der Waals surface area (Å²) in [5.41, 5.74) is -0.794. The SMILES string of the molecule is [2H]C1([2H])C[C@]2(C)C3CC[C@]4(C)[C@@H]([C@H](C)CCC(=O)[O-])CC[C@H]4C3CC[C@@H]2C([2H])([2H])[C@]1([2H])OS(=O)(=O)[O-].[Na+].[Na+]. The van der Waals surface area contributed by atoms with Gasteiger partial charge in [0.1, 0.15) is 0 Å². The normalized spacial score (nSPS) is 50.7. The molecule has 0 aromatic heterocycles. The molecule has 0 radical (unpaired) electrons. The van der Waals surface area contributed by atoms with Crippen LogP contribution in [0.3, 0.4) is 0 Å². The number of aliphatic carboxylic acids is 1. The molecule has 33 heavy (non-hydrogen) atoms. The van der Waals surface area contributed by atoms with E-state index >= 15 is 0 Å². The van der Waals surface area contributed by atoms with Crippen LogP contribution < -0.4 is 64.2 Å². The predicted octanol–water partition coefficient (Wildman–Crippen LogP) is -2.34. The molecule has 9 atom stereocenters. The Hall–Kier alpha value is 1.34. The molecular weight excluding hydrogens is 462 g/mol. The minimum atomic E-state index is -5.51. The van der Waals surface area contributed by atoms with Crippen LogP contribution in [0, 0.1) is 46.3 Å². The van der Waals surface area contributed by atoms with Crippen molar-refractivity contribution in [2.24, 2.45) is 46.3 Å². The molecule has 0 aliphatic heterocycles. The Bertz CT molecular complexity index is 1020. The van der Waals surface area contributed by atoms with Gasteiger partial charge >= 0.3 is 59.1 Å². The molecule has 4 rings (SSSR count). The Morgan fingerprint density at radius 2 is 1.79 bits per heavy atom. The van der Waals surface area contributed by atoms with Crippen molar-refractivity contribution in [1.29, 1.82) is 0 Å². The molecule has 0 aromatic rings. The zero-order valence-electron chi connectivity index (χ0n) is 25.7. The monoisotopic (exact) mass is 505 g/mol. The quantitative estimate of drug-likeness (QED) is 0.228. The van der Waals surface area contributed by atoms with Crippen molar-refractivity contribution in [3.8, 4) is 0 Å². The molecule has 4 fully saturated rings. The molecule has 0 heterocycles. The van der Waals surface area contributed by atoms with Gasteiger partial charge in [0.25, 0.3) is 0 Å². The third kappa shape index (κ3) is 6.09. The summed E-state index contributed by atoms with van der Waals surface area (Å²) >= 11 is 0. The van der Waals surface area contributed by atoms with Crippen molar-refractivity contribution < 1.29 is 93.0 Å². The Balaban J connectivity index is 0.00000253. The van der Waals surface area contributed by atoms with E-state index in [4.69, 9.17) is 6.85 Å². The molecular formula is C24H38Na2O6S. The van der Waals surface area contributed by atoms with Gasteiger partial charge in [0.05, 0.1) is 7.45 Å². The molecule has 0 saturated heterocycles. The number of carboxylic acids is 1. The number of carbonyl (C=O) groups excluding carboxylic acids is 1. The second kappa shape index (κ2) is 11.4. The van der Waals surface area contributed by atoms with Gasteiger partial charge in [-0.3, -0.25) is 4.18 Å². The zero-order chi connectivity index (χ0) is 27.1. The van der Waals surface area contributed by atoms with Crippen LogP contribution in [0.4, 0.5) is 0 Å². The second-order valence-corrected chi connectivity index (χ2v) is 11.9. The predicted molar refractivity (Wildman–Crippen MR) is 113 cm³/mol. The molecule has 0 aromatic carbocycles. The molecule has 2 unspecified atom stereocenters. The van der Waals surface area contributed by atoms with Crippen molar-refractivity contribution >= 4 is 16.4 Å². The minimum Gasteiger partial charge on any atom is -0.726 e. The summed E-state index contributed by atoms with van der Waals surface area (Å²) in [7, 11) is -5.51. The van der Waals surface area contributed by atoms with Crippen molar-refractivity contribution in [3.63, 3.8) is 0 Å². The molecule has 4 aliphatic carbocycles. The number of hydrogen-bond acceptors (Lipinski definition) is 6. The van der Waals surface area contributed by atoms with E-state index in [2.05, 4.69) is 18.0 Å². The van der Waals surface area contributed by atoms with E-state index in [1.165, 1.54) is 0 Å². The van der Waals surface area contributed by atoms with Gasteiger partial charge in [0.2, 0.25) is 10.4 Å². The first-order valence-electron chi connectivity index (χ1n) is 14.2. The number of fused-ring (bicyclic) bond motifs is 5. The fourth-order valence-corrected chi connectivity index (χ4v) is 8.42. The van der Waals surface area contributed by atoms with E-state index in [0.29, 0.717) is 31.1 Å². The van der Waals surface area contributed by atoms with Crippen LogP contribution in [0.2, 0.25) is 0 Å². The van der Waals surface area contributed by atoms with Gasteiger partial charge in [-0.05, 0) is 117 Å². The first kappa shape index (κ1) is 23.5. The second-order valence-electron chi connectivity index (χ2n) is 10.9. The van der Waals surface area contributed by atoms with Crippen molar-refractivity contribution in [1.82, 2.24) is 0 Å². The summed E-state index contributed by atoms with van der Waals surface area (Å²) in [4.78, 5) is 11.0. The topological polar surface area (TPSA) is 107 Å². The summed E-state index contributed by atoms with van der Waals surface area (Å²) in [5, 5.41) is 11.0. The largest absolute Gasteiger partial charge is 1.00 e. The fourth-order valence-electron chi connectivity index (χ4n) is 8.10. The van der Waals surface area contributed by atoms with Gasteiger partial charge in [0, 0.05) is 11.5 Å². The van der Waals surface area contributed by atoms with Crippen LogP contribution in [0.15, 0.2) is 0 Å². The molecule has 178 valence electrons. The minimum absolute atomic E-state index is 0. The summed E-state index contributed by atoms with van der Waals surface area (Å²) in [6.45, 7) is 6.30. The Morgan fingerprint density at radius 1 is 1.12 bits per heavy atom. The van der Waals surface area contributed by atoms with Crippen molar-refractivity contribution in [3.05, 3.63) is 0 Å². The van der Waals surface area contributed by atoms with Crippen molar-refractivity contribution in [2.45, 2.75) is 97.4 Å². The molecule has 9 heteroatoms. The van der Waals surface area contributed by atoms with Crippen LogP contribution in [-0.4, -0.2) is 25.0 Å². The van der Waals surface area contributed by atoms with Gasteiger partial charge in [-0.25, -0.2) is 8.42 Å². The molecule has 0 N–H and O–H groups in total. The number of hydrogen-bond donors (Lipinski definition) is 0. The molecule has 0 amide bonds. The van der Waals surface area contributed by atoms with Crippen molar-refractivity contribution in [2.75, 3.05) is 0 Å². The molecule has 4 saturated carbocycles. The summed E-state index contributed by atoms with van der Waals surface area (Å²) in [6.07, 6.45) is -3.46. The smallest absolute Gasteiger partial charge is 0.726 e. The summed E-state index contributed by atoms with van der Waals surface area (Å²) < 4.78 is 81.9. The van der Waals surface area contributed by atoms with Crippen LogP contribution in [0.5, 0.6) is 0 Å². The van der Waals surface area contributed by atoms with Crippen LogP contribution in [-0.2, 0) is 19.4 Å². The van der Waals surface area contributed by atoms with Gasteiger partial charge in [-0.1, -0.05) is 20.8 Å². The maximum Gasteiger partial charge on any atom is 1.00 e. The van der Waals surface area contributed by atoms with Gasteiger partial charge < -0.3 is 14.5 Å². The zero-order valence-corrected chi connectivity index (χ0v) is 25.5. The van der Waals surface area contributed by atoms with E-state index in [-0.39, 0.29) is 95.1 Å². The van der Waals surface area contributed by atoms with Crippen LogP contribution in [0.25, 0.3) is 0 Å². The molecule has 4 aliphatic rings. The Labute approximate surface area is 251 Å². The van der Waals surface area contributed by atoms with E-state index in [1.807, 2.05) is 6.92 Å². The number of carboxylic acid groups (broad SMARTS) is 1. The average Bonchev–Trinajstić information content (AvgIpc) is 3.06. The van der Waals surface area contributed by atoms with E-state index in [0.717, 1.165) is 25.7 Å². The third-order valence-electron chi connectivity index (χ3n) is 9.55. The number of rotatable bonds is 6. The number of carbonyl (C=O) groups is 1. The molecule has 0 spiro atoms. The van der Waals surface area contributed by atoms with E-state index in [9.17, 15) is 22.9 Å². The summed E-state index contributed by atoms with van der Waals surface area (Å²) in [6, 6.07) is 0. The fraction of sp³-hybridized carbons (Fsp3) is 0.958. The average molecular weight is 506 g/mol. The van der Waals surface area contributed by atoms with Crippen LogP contribution >= 0.6 is 0 Å². The van der Waals surface area contributed by atoms with Gasteiger partial charge in [-0.2, -0.15) is 0 Å². The first-order valence-corrected chi connectivity index (χ1v) is 13.0. The standard InChI is InChI=1S/C24H40O6S.2Na/c1-15(4-9-22(25)26)19-7-8-20-18-6-5-16-14-17(30-31(27,28)29)10-12-23(16,2)21(18)11-13-24(19,20)3;;/h15-21H,4-14H2,1-3H3,(H,25,26)(H,27,28,29);;/q;2*+1/p-2/t15-,16-,17-,18?,19-,20+,21?,23+,24-;;/m1../s1/i10D2,14D2,17D;;. The maximum absolute atomic E-state index is 11.4. The molecule has 0 bridgehead atoms. The Kier molecular flexibility index (Phi) is 8.09. The first-order chi connectivity index (χ1) is 16.3. The van der Waals surface area contributed by atoms with Gasteiger partial charge in [0.15, 0.2) is 0 Å². The Morgan fingerprint density at radius 3 is 2.42 bits per heavy atom. The third-order valence-corrected chi connectivity index (χ3v) is 9.92. The summed E-state index contributed by atoms with van der Waals surface area (Å²) in [5.74, 6) is -0.609. The maximum atomic E-state index is 11.4. The van der Waals surface area contributed by atoms with E-state index in [1.54, 1.807) is 0 Å². The van der Waals surface area contributed by atoms with Gasteiger partial charge in [-0.15, -0.1) is 0 Å².